The van der Waals surface area contributed by atoms with Gasteiger partial charge in [0, 0.05) is 11.6 Å². The van der Waals surface area contributed by atoms with E-state index in [4.69, 9.17) is 5.73 Å². The normalized spacial score (nSPS) is 34.3. The van der Waals surface area contributed by atoms with Crippen LogP contribution in [0.3, 0.4) is 0 Å². The predicted octanol–water partition coefficient (Wildman–Crippen LogP) is 4.01. The average molecular weight is 292 g/mol. The molecule has 3 rings (SSSR count). The quantitative estimate of drug-likeness (QED) is 0.808. The molecule has 0 spiro atoms. The molecule has 0 radical (unpaired) electrons. The second-order valence-electron chi connectivity index (χ2n) is 6.06. The molecule has 2 nitrogen and oxygen atoms in total. The van der Waals surface area contributed by atoms with Crippen LogP contribution in [0, 0.1) is 5.92 Å². The first-order valence-electron chi connectivity index (χ1n) is 7.97. The highest BCUT2D eigenvalue weighted by Gasteiger charge is 2.49. The lowest BCUT2D eigenvalue weighted by Crippen LogP contribution is -2.58. The Hall–Kier alpha value is -2.06. The van der Waals surface area contributed by atoms with Gasteiger partial charge in [0.25, 0.3) is 0 Å². The zero-order chi connectivity index (χ0) is 15.6. The van der Waals surface area contributed by atoms with Crippen molar-refractivity contribution in [1.29, 1.82) is 0 Å². The van der Waals surface area contributed by atoms with Gasteiger partial charge in [0.1, 0.15) is 0 Å². The first-order chi connectivity index (χ1) is 10.7. The van der Waals surface area contributed by atoms with E-state index in [0.29, 0.717) is 0 Å². The van der Waals surface area contributed by atoms with Crippen molar-refractivity contribution >= 4 is 0 Å². The summed E-state index contributed by atoms with van der Waals surface area (Å²) < 4.78 is 0. The van der Waals surface area contributed by atoms with Crippen LogP contribution >= 0.6 is 0 Å². The minimum Gasteiger partial charge on any atom is -0.376 e. The molecule has 2 heteroatoms. The Morgan fingerprint density at radius 2 is 2.00 bits per heavy atom. The van der Waals surface area contributed by atoms with Gasteiger partial charge in [0.15, 0.2) is 0 Å². The summed E-state index contributed by atoms with van der Waals surface area (Å²) in [5, 5.41) is 3.69. The Morgan fingerprint density at radius 1 is 1.23 bits per heavy atom. The molecule has 0 bridgehead atoms. The van der Waals surface area contributed by atoms with Gasteiger partial charge in [-0.15, -0.1) is 0 Å². The lowest BCUT2D eigenvalue weighted by molar-refractivity contribution is 0.256. The average Bonchev–Trinajstić information content (AvgIpc) is 2.95. The van der Waals surface area contributed by atoms with Crippen LogP contribution in [-0.2, 0) is 0 Å². The fraction of sp³-hybridized carbons (Fsp3) is 0.300. The maximum Gasteiger partial charge on any atom is 0.0705 e. The van der Waals surface area contributed by atoms with Crippen LogP contribution in [0.2, 0.25) is 0 Å². The number of nitrogens with one attached hydrogen (secondary N) is 1. The standard InChI is InChI=1S/C20H24N2/c1-3-5-13-18-16(4-2)17-12-9-14-20(17,21)19(22-18)15-10-7-6-8-11-15/h3-13,17,19,22H,14,21H2,1-2H3/b5-3-,16-4-,18-13+/t17-,19?,20+/m1/s1. The molecule has 0 saturated carbocycles. The predicted molar refractivity (Wildman–Crippen MR) is 93.1 cm³/mol. The van der Waals surface area contributed by atoms with Crippen LogP contribution in [0.15, 0.2) is 78.1 Å². The van der Waals surface area contributed by atoms with Crippen LogP contribution in [0.5, 0.6) is 0 Å². The van der Waals surface area contributed by atoms with Crippen molar-refractivity contribution in [3.05, 3.63) is 83.6 Å². The smallest absolute Gasteiger partial charge is 0.0705 e. The molecule has 1 aliphatic carbocycles. The van der Waals surface area contributed by atoms with E-state index in [0.717, 1.165) is 6.42 Å². The lowest BCUT2D eigenvalue weighted by Gasteiger charge is -2.47. The molecular formula is C20H24N2. The van der Waals surface area contributed by atoms with Crippen molar-refractivity contribution in [3.63, 3.8) is 0 Å². The van der Waals surface area contributed by atoms with Gasteiger partial charge in [-0.1, -0.05) is 60.7 Å². The summed E-state index contributed by atoms with van der Waals surface area (Å²) in [6, 6.07) is 10.7. The van der Waals surface area contributed by atoms with Gasteiger partial charge < -0.3 is 11.1 Å². The van der Waals surface area contributed by atoms with Crippen molar-refractivity contribution in [3.8, 4) is 0 Å². The summed E-state index contributed by atoms with van der Waals surface area (Å²) in [5.41, 5.74) is 10.3. The SMILES string of the molecule is C\C=C/C=C1/NC(c2ccccc2)[C@]2(N)CC=C[C@@H]2/C1=C/C. The molecule has 0 amide bonds. The Kier molecular flexibility index (Phi) is 4.04. The van der Waals surface area contributed by atoms with E-state index in [9.17, 15) is 0 Å². The van der Waals surface area contributed by atoms with Gasteiger partial charge in [0.05, 0.1) is 11.6 Å². The zero-order valence-electron chi connectivity index (χ0n) is 13.3. The van der Waals surface area contributed by atoms with Gasteiger partial charge in [-0.2, -0.15) is 0 Å². The number of hydrogen-bond donors (Lipinski definition) is 2. The molecule has 1 saturated heterocycles. The first kappa shape index (κ1) is 14.9. The van der Waals surface area contributed by atoms with E-state index < -0.39 is 0 Å². The second kappa shape index (κ2) is 5.98. The molecule has 2 aliphatic rings. The third-order valence-electron chi connectivity index (χ3n) is 4.76. The second-order valence-corrected chi connectivity index (χ2v) is 6.06. The summed E-state index contributed by atoms with van der Waals surface area (Å²) >= 11 is 0. The van der Waals surface area contributed by atoms with Crippen molar-refractivity contribution in [2.75, 3.05) is 0 Å². The van der Waals surface area contributed by atoms with Crippen molar-refractivity contribution in [1.82, 2.24) is 5.32 Å². The Bertz CT molecular complexity index is 652. The Morgan fingerprint density at radius 3 is 2.68 bits per heavy atom. The molecule has 3 atom stereocenters. The van der Waals surface area contributed by atoms with Crippen LogP contribution in [0.25, 0.3) is 0 Å². The molecule has 114 valence electrons. The third kappa shape index (κ3) is 2.34. The van der Waals surface area contributed by atoms with E-state index >= 15 is 0 Å². The molecule has 1 unspecified atom stereocenters. The number of nitrogens with two attached hydrogens (primary N) is 1. The number of allylic oxidation sites excluding steroid dienone is 5. The van der Waals surface area contributed by atoms with E-state index in [-0.39, 0.29) is 17.5 Å². The van der Waals surface area contributed by atoms with Gasteiger partial charge in [-0.25, -0.2) is 0 Å². The topological polar surface area (TPSA) is 38.0 Å². The fourth-order valence-electron chi connectivity index (χ4n) is 3.66. The maximum atomic E-state index is 6.89. The monoisotopic (exact) mass is 292 g/mol. The highest BCUT2D eigenvalue weighted by atomic mass is 15.0. The highest BCUT2D eigenvalue weighted by molar-refractivity contribution is 5.47. The summed E-state index contributed by atoms with van der Waals surface area (Å²) in [7, 11) is 0. The minimum absolute atomic E-state index is 0.119. The minimum atomic E-state index is -0.295. The maximum absolute atomic E-state index is 6.89. The molecule has 1 aliphatic heterocycles. The van der Waals surface area contributed by atoms with E-state index in [2.05, 4.69) is 66.9 Å². The van der Waals surface area contributed by atoms with Crippen LogP contribution < -0.4 is 11.1 Å². The highest BCUT2D eigenvalue weighted by Crippen LogP contribution is 2.47. The summed E-state index contributed by atoms with van der Waals surface area (Å²) in [6.45, 7) is 4.13. The third-order valence-corrected chi connectivity index (χ3v) is 4.76. The number of rotatable bonds is 2. The number of fused-ring (bicyclic) bond motifs is 1. The molecule has 1 heterocycles. The van der Waals surface area contributed by atoms with E-state index in [1.54, 1.807) is 0 Å². The fourth-order valence-corrected chi connectivity index (χ4v) is 3.66. The Labute approximate surface area is 133 Å². The van der Waals surface area contributed by atoms with Crippen molar-refractivity contribution in [2.24, 2.45) is 11.7 Å². The zero-order valence-corrected chi connectivity index (χ0v) is 13.3. The van der Waals surface area contributed by atoms with Gasteiger partial charge in [0.2, 0.25) is 0 Å². The van der Waals surface area contributed by atoms with Crippen molar-refractivity contribution < 1.29 is 0 Å². The number of piperidine rings is 1. The summed E-state index contributed by atoms with van der Waals surface area (Å²) in [5.74, 6) is 0.264. The van der Waals surface area contributed by atoms with Crippen LogP contribution in [0.4, 0.5) is 0 Å². The van der Waals surface area contributed by atoms with E-state index in [1.807, 2.05) is 19.1 Å². The summed E-state index contributed by atoms with van der Waals surface area (Å²) in [4.78, 5) is 0. The van der Waals surface area contributed by atoms with Crippen molar-refractivity contribution in [2.45, 2.75) is 31.8 Å². The van der Waals surface area contributed by atoms with Crippen LogP contribution in [0.1, 0.15) is 31.9 Å². The molecule has 1 aromatic carbocycles. The molecule has 22 heavy (non-hydrogen) atoms. The van der Waals surface area contributed by atoms with Crippen LogP contribution in [-0.4, -0.2) is 5.54 Å². The molecule has 1 aromatic rings. The van der Waals surface area contributed by atoms with Gasteiger partial charge in [-0.3, -0.25) is 0 Å². The number of benzene rings is 1. The largest absolute Gasteiger partial charge is 0.376 e. The molecule has 1 fully saturated rings. The molecule has 0 aromatic heterocycles. The van der Waals surface area contributed by atoms with E-state index in [1.165, 1.54) is 16.8 Å². The lowest BCUT2D eigenvalue weighted by atomic mass is 9.70. The first-order valence-corrected chi connectivity index (χ1v) is 7.97. The summed E-state index contributed by atoms with van der Waals surface area (Å²) in [6.07, 6.45) is 13.9. The van der Waals surface area contributed by atoms with Gasteiger partial charge in [-0.05, 0) is 37.5 Å². The molecule has 3 N–H and O–H groups in total. The molecular weight excluding hydrogens is 268 g/mol. The number of hydrogen-bond acceptors (Lipinski definition) is 2. The van der Waals surface area contributed by atoms with Gasteiger partial charge >= 0.3 is 0 Å². The Balaban J connectivity index is 2.08.